The van der Waals surface area contributed by atoms with Crippen LogP contribution in [0.3, 0.4) is 0 Å². The molecule has 0 radical (unpaired) electrons. The van der Waals surface area contributed by atoms with E-state index in [4.69, 9.17) is 0 Å². The number of amides is 1. The van der Waals surface area contributed by atoms with Crippen LogP contribution in [0.4, 0.5) is 0 Å². The quantitative estimate of drug-likeness (QED) is 0.574. The number of unbranched alkanes of at least 4 members (excludes halogenated alkanes) is 2. The van der Waals surface area contributed by atoms with Crippen LogP contribution < -0.4 is 5.32 Å². The second-order valence-electron chi connectivity index (χ2n) is 6.69. The number of nitrogens with one attached hydrogen (secondary N) is 1. The molecular formula is C16H25NO3. The lowest BCUT2D eigenvalue weighted by molar-refractivity contribution is -0.140. The van der Waals surface area contributed by atoms with E-state index in [1.54, 1.807) is 0 Å². The summed E-state index contributed by atoms with van der Waals surface area (Å²) in [7, 11) is 1.42. The summed E-state index contributed by atoms with van der Waals surface area (Å²) < 4.78 is 4.59. The normalized spacial score (nSPS) is 36.5. The fourth-order valence-electron chi connectivity index (χ4n) is 4.68. The summed E-state index contributed by atoms with van der Waals surface area (Å²) in [6.45, 7) is 0.755. The first-order valence-corrected chi connectivity index (χ1v) is 8.07. The topological polar surface area (TPSA) is 55.4 Å². The first-order valence-electron chi connectivity index (χ1n) is 8.07. The minimum atomic E-state index is -0.143. The lowest BCUT2D eigenvalue weighted by Crippen LogP contribution is -2.28. The zero-order valence-corrected chi connectivity index (χ0v) is 12.3. The number of hydrogen-bond donors (Lipinski definition) is 1. The maximum Gasteiger partial charge on any atom is 0.305 e. The Labute approximate surface area is 120 Å². The highest BCUT2D eigenvalue weighted by Crippen LogP contribution is 2.69. The molecule has 4 atom stereocenters. The Bertz CT molecular complexity index is 379. The van der Waals surface area contributed by atoms with Gasteiger partial charge in [0.15, 0.2) is 0 Å². The molecule has 4 heteroatoms. The molecular weight excluding hydrogens is 254 g/mol. The van der Waals surface area contributed by atoms with Gasteiger partial charge in [0.2, 0.25) is 5.91 Å². The summed E-state index contributed by atoms with van der Waals surface area (Å²) in [5.74, 6) is 3.68. The summed E-state index contributed by atoms with van der Waals surface area (Å²) in [5, 5.41) is 3.09. The molecule has 0 heterocycles. The molecule has 3 fully saturated rings. The summed E-state index contributed by atoms with van der Waals surface area (Å²) in [5.41, 5.74) is 0. The van der Waals surface area contributed by atoms with Crippen LogP contribution in [-0.4, -0.2) is 25.5 Å². The number of rotatable bonds is 7. The Hall–Kier alpha value is -1.06. The van der Waals surface area contributed by atoms with Crippen LogP contribution in [0.5, 0.6) is 0 Å². The minimum Gasteiger partial charge on any atom is -0.469 e. The van der Waals surface area contributed by atoms with E-state index in [0.29, 0.717) is 18.2 Å². The molecule has 0 spiro atoms. The van der Waals surface area contributed by atoms with E-state index in [-0.39, 0.29) is 5.97 Å². The van der Waals surface area contributed by atoms with Gasteiger partial charge in [0.1, 0.15) is 0 Å². The number of carbonyl (C=O) groups excluding carboxylic acids is 2. The van der Waals surface area contributed by atoms with E-state index in [9.17, 15) is 9.59 Å². The van der Waals surface area contributed by atoms with Gasteiger partial charge in [0, 0.05) is 18.9 Å². The smallest absolute Gasteiger partial charge is 0.305 e. The van der Waals surface area contributed by atoms with Gasteiger partial charge in [0.25, 0.3) is 0 Å². The molecule has 3 rings (SSSR count). The summed E-state index contributed by atoms with van der Waals surface area (Å²) >= 11 is 0. The zero-order chi connectivity index (χ0) is 14.1. The minimum absolute atomic E-state index is 0.143. The van der Waals surface area contributed by atoms with Crippen molar-refractivity contribution in [1.82, 2.24) is 5.32 Å². The standard InChI is InChI=1S/C16H25NO3/c1-20-12(18)5-3-2-4-8-17-16(19)15-13-10-6-7-11(9-10)14(13)15/h10-11,13-15H,2-9H2,1H3,(H,17,19). The molecule has 0 aromatic rings. The van der Waals surface area contributed by atoms with Crippen LogP contribution in [0.1, 0.15) is 44.9 Å². The Morgan fingerprint density at radius 2 is 1.80 bits per heavy atom. The van der Waals surface area contributed by atoms with Crippen molar-refractivity contribution in [3.8, 4) is 0 Å². The molecule has 0 saturated heterocycles. The van der Waals surface area contributed by atoms with Crippen molar-refractivity contribution in [3.05, 3.63) is 0 Å². The Kier molecular flexibility index (Phi) is 3.99. The van der Waals surface area contributed by atoms with E-state index in [2.05, 4.69) is 10.1 Å². The van der Waals surface area contributed by atoms with E-state index < -0.39 is 0 Å². The fourth-order valence-corrected chi connectivity index (χ4v) is 4.68. The van der Waals surface area contributed by atoms with Crippen molar-refractivity contribution in [2.45, 2.75) is 44.9 Å². The second-order valence-corrected chi connectivity index (χ2v) is 6.69. The van der Waals surface area contributed by atoms with E-state index in [0.717, 1.165) is 49.5 Å². The third-order valence-electron chi connectivity index (χ3n) is 5.62. The predicted octanol–water partition coefficient (Wildman–Crippen LogP) is 2.13. The molecule has 4 nitrogen and oxygen atoms in total. The summed E-state index contributed by atoms with van der Waals surface area (Å²) in [6.07, 6.45) is 7.39. The Morgan fingerprint density at radius 1 is 1.10 bits per heavy atom. The lowest BCUT2D eigenvalue weighted by atomic mass is 10.0. The second kappa shape index (κ2) is 5.74. The molecule has 3 aliphatic carbocycles. The maximum atomic E-state index is 12.1. The highest BCUT2D eigenvalue weighted by molar-refractivity contribution is 5.82. The third-order valence-corrected chi connectivity index (χ3v) is 5.62. The van der Waals surface area contributed by atoms with E-state index in [1.165, 1.54) is 26.4 Å². The van der Waals surface area contributed by atoms with Gasteiger partial charge >= 0.3 is 5.97 Å². The van der Waals surface area contributed by atoms with Gasteiger partial charge in [-0.1, -0.05) is 6.42 Å². The Morgan fingerprint density at radius 3 is 2.45 bits per heavy atom. The number of hydrogen-bond acceptors (Lipinski definition) is 3. The van der Waals surface area contributed by atoms with Crippen LogP contribution in [0.15, 0.2) is 0 Å². The molecule has 0 aromatic heterocycles. The van der Waals surface area contributed by atoms with Crippen LogP contribution in [0.25, 0.3) is 0 Å². The molecule has 3 aliphatic rings. The number of ether oxygens (including phenoxy) is 1. The average molecular weight is 279 g/mol. The van der Waals surface area contributed by atoms with Gasteiger partial charge in [-0.05, 0) is 55.8 Å². The van der Waals surface area contributed by atoms with Gasteiger partial charge < -0.3 is 10.1 Å². The number of esters is 1. The highest BCUT2D eigenvalue weighted by atomic mass is 16.5. The number of methoxy groups -OCH3 is 1. The first-order chi connectivity index (χ1) is 9.72. The van der Waals surface area contributed by atoms with Crippen molar-refractivity contribution < 1.29 is 14.3 Å². The van der Waals surface area contributed by atoms with Crippen molar-refractivity contribution in [3.63, 3.8) is 0 Å². The molecule has 2 bridgehead atoms. The molecule has 4 unspecified atom stereocenters. The molecule has 0 aromatic carbocycles. The van der Waals surface area contributed by atoms with Gasteiger partial charge in [0.05, 0.1) is 7.11 Å². The predicted molar refractivity (Wildman–Crippen MR) is 74.8 cm³/mol. The van der Waals surface area contributed by atoms with Gasteiger partial charge in [-0.15, -0.1) is 0 Å². The fraction of sp³-hybridized carbons (Fsp3) is 0.875. The van der Waals surface area contributed by atoms with Crippen molar-refractivity contribution in [1.29, 1.82) is 0 Å². The average Bonchev–Trinajstić information content (AvgIpc) is 2.90. The van der Waals surface area contributed by atoms with Crippen LogP contribution >= 0.6 is 0 Å². The molecule has 20 heavy (non-hydrogen) atoms. The molecule has 0 aliphatic heterocycles. The summed E-state index contributed by atoms with van der Waals surface area (Å²) in [6, 6.07) is 0. The zero-order valence-electron chi connectivity index (χ0n) is 12.3. The van der Waals surface area contributed by atoms with Gasteiger partial charge in [-0.2, -0.15) is 0 Å². The van der Waals surface area contributed by atoms with E-state index >= 15 is 0 Å². The number of carbonyl (C=O) groups is 2. The Balaban J connectivity index is 1.27. The van der Waals surface area contributed by atoms with Crippen LogP contribution in [-0.2, 0) is 14.3 Å². The molecule has 1 N–H and O–H groups in total. The molecule has 1 amide bonds. The van der Waals surface area contributed by atoms with Crippen molar-refractivity contribution in [2.75, 3.05) is 13.7 Å². The SMILES string of the molecule is COC(=O)CCCCCNC(=O)C1C2C3CCC(C3)C12. The summed E-state index contributed by atoms with van der Waals surface area (Å²) in [4.78, 5) is 23.1. The third kappa shape index (κ3) is 2.57. The first kappa shape index (κ1) is 13.9. The molecule has 112 valence electrons. The van der Waals surface area contributed by atoms with Gasteiger partial charge in [-0.3, -0.25) is 9.59 Å². The van der Waals surface area contributed by atoms with Crippen LogP contribution in [0.2, 0.25) is 0 Å². The van der Waals surface area contributed by atoms with Crippen molar-refractivity contribution in [2.24, 2.45) is 29.6 Å². The van der Waals surface area contributed by atoms with Crippen molar-refractivity contribution >= 4 is 11.9 Å². The van der Waals surface area contributed by atoms with Crippen LogP contribution in [0, 0.1) is 29.6 Å². The highest BCUT2D eigenvalue weighted by Gasteiger charge is 2.67. The van der Waals surface area contributed by atoms with Gasteiger partial charge in [-0.25, -0.2) is 0 Å². The lowest BCUT2D eigenvalue weighted by Gasteiger charge is -2.09. The largest absolute Gasteiger partial charge is 0.469 e. The number of fused-ring (bicyclic) bond motifs is 5. The van der Waals surface area contributed by atoms with E-state index in [1.807, 2.05) is 0 Å². The molecule has 3 saturated carbocycles. The monoisotopic (exact) mass is 279 g/mol. The maximum absolute atomic E-state index is 12.1.